The summed E-state index contributed by atoms with van der Waals surface area (Å²) in [6.45, 7) is 1.10. The van der Waals surface area contributed by atoms with Gasteiger partial charge in [0, 0.05) is 17.7 Å². The van der Waals surface area contributed by atoms with Crippen LogP contribution in [0.3, 0.4) is 0 Å². The van der Waals surface area contributed by atoms with Gasteiger partial charge in [-0.25, -0.2) is 0 Å². The minimum atomic E-state index is -0.222. The monoisotopic (exact) mass is 309 g/mol. The number of nitrogens with zero attached hydrogens (tertiary/aromatic N) is 2. The average Bonchev–Trinajstić information content (AvgIpc) is 2.60. The van der Waals surface area contributed by atoms with Crippen molar-refractivity contribution in [1.29, 1.82) is 0 Å². The zero-order valence-electron chi connectivity index (χ0n) is 12.4. The Labute approximate surface area is 132 Å². The quantitative estimate of drug-likeness (QED) is 0.803. The first-order valence-electron chi connectivity index (χ1n) is 7.50. The van der Waals surface area contributed by atoms with E-state index in [9.17, 15) is 4.79 Å². The van der Waals surface area contributed by atoms with Crippen molar-refractivity contribution in [2.75, 3.05) is 13.2 Å². The summed E-state index contributed by atoms with van der Waals surface area (Å²) < 4.78 is 11.4. The first-order valence-corrected chi connectivity index (χ1v) is 7.50. The lowest BCUT2D eigenvalue weighted by Gasteiger charge is -2.25. The van der Waals surface area contributed by atoms with Gasteiger partial charge in [0.25, 0.3) is 11.6 Å². The summed E-state index contributed by atoms with van der Waals surface area (Å²) in [6.07, 6.45) is 4.00. The predicted molar refractivity (Wildman–Crippen MR) is 84.9 cm³/mol. The second-order valence-corrected chi connectivity index (χ2v) is 5.45. The molecule has 1 aliphatic heterocycles. The van der Waals surface area contributed by atoms with E-state index in [2.05, 4.69) is 15.0 Å². The molecule has 0 bridgehead atoms. The summed E-state index contributed by atoms with van der Waals surface area (Å²) in [6, 6.07) is 9.81. The Kier molecular flexibility index (Phi) is 3.42. The van der Waals surface area contributed by atoms with Gasteiger partial charge in [-0.15, -0.1) is 0 Å². The minimum absolute atomic E-state index is 0.217. The Hall–Kier alpha value is -2.89. The zero-order chi connectivity index (χ0) is 15.6. The third-order valence-corrected chi connectivity index (χ3v) is 3.99. The number of aromatic nitrogens is 3. The molecule has 0 spiro atoms. The normalized spacial score (nSPS) is 16.6. The molecule has 0 amide bonds. The van der Waals surface area contributed by atoms with Gasteiger partial charge in [-0.2, -0.15) is 4.98 Å². The van der Waals surface area contributed by atoms with Gasteiger partial charge in [-0.3, -0.25) is 14.8 Å². The summed E-state index contributed by atoms with van der Waals surface area (Å²) in [7, 11) is 0. The van der Waals surface area contributed by atoms with E-state index in [1.807, 2.05) is 24.3 Å². The largest absolute Gasteiger partial charge is 0.493 e. The van der Waals surface area contributed by atoms with Crippen LogP contribution in [0.5, 0.6) is 11.8 Å². The van der Waals surface area contributed by atoms with Crippen molar-refractivity contribution in [3.05, 3.63) is 58.6 Å². The van der Waals surface area contributed by atoms with Crippen LogP contribution in [0, 0.1) is 0 Å². The lowest BCUT2D eigenvalue weighted by molar-refractivity contribution is 0.209. The van der Waals surface area contributed by atoms with Gasteiger partial charge >= 0.3 is 0 Å². The van der Waals surface area contributed by atoms with Crippen LogP contribution in [0.4, 0.5) is 0 Å². The van der Waals surface area contributed by atoms with E-state index in [-0.39, 0.29) is 17.5 Å². The molecule has 6 nitrogen and oxygen atoms in total. The Bertz CT molecular complexity index is 907. The van der Waals surface area contributed by atoms with Gasteiger partial charge in [-0.1, -0.05) is 18.2 Å². The smallest absolute Gasteiger partial charge is 0.297 e. The molecule has 3 aromatic rings. The van der Waals surface area contributed by atoms with E-state index in [0.717, 1.165) is 17.7 Å². The molecule has 1 aromatic carbocycles. The van der Waals surface area contributed by atoms with E-state index in [1.54, 1.807) is 18.5 Å². The number of nitrogens with one attached hydrogen (secondary N) is 1. The maximum atomic E-state index is 12.0. The van der Waals surface area contributed by atoms with Crippen molar-refractivity contribution in [3.8, 4) is 11.8 Å². The fourth-order valence-electron chi connectivity index (χ4n) is 2.81. The maximum absolute atomic E-state index is 12.0. The second-order valence-electron chi connectivity index (χ2n) is 5.45. The molecule has 0 saturated heterocycles. The van der Waals surface area contributed by atoms with Crippen molar-refractivity contribution < 1.29 is 9.47 Å². The second kappa shape index (κ2) is 5.72. The van der Waals surface area contributed by atoms with Crippen molar-refractivity contribution >= 4 is 10.9 Å². The predicted octanol–water partition coefficient (Wildman–Crippen LogP) is 2.26. The van der Waals surface area contributed by atoms with Crippen LogP contribution in [0.25, 0.3) is 10.9 Å². The van der Waals surface area contributed by atoms with E-state index >= 15 is 0 Å². The first-order chi connectivity index (χ1) is 11.3. The number of hydrogen-bond acceptors (Lipinski definition) is 5. The van der Waals surface area contributed by atoms with Crippen LogP contribution in [0.15, 0.2) is 47.5 Å². The SMILES string of the molecule is O=c1[nH]c(OCC2CCOc3ccccc32)nc2cnccc12. The molecule has 23 heavy (non-hydrogen) atoms. The molecule has 116 valence electrons. The zero-order valence-corrected chi connectivity index (χ0v) is 12.4. The standard InChI is InChI=1S/C17H15N3O3/c21-16-13-5-7-18-9-14(13)19-17(20-16)23-10-11-6-8-22-15-4-2-1-3-12(11)15/h1-5,7,9,11H,6,8,10H2,(H,19,20,21). The third-order valence-electron chi connectivity index (χ3n) is 3.99. The van der Waals surface area contributed by atoms with Gasteiger partial charge in [-0.05, 0) is 18.6 Å². The van der Waals surface area contributed by atoms with Crippen molar-refractivity contribution in [2.24, 2.45) is 0 Å². The number of para-hydroxylation sites is 1. The van der Waals surface area contributed by atoms with Crippen molar-refractivity contribution in [2.45, 2.75) is 12.3 Å². The van der Waals surface area contributed by atoms with Crippen LogP contribution in [-0.2, 0) is 0 Å². The van der Waals surface area contributed by atoms with Gasteiger partial charge < -0.3 is 9.47 Å². The summed E-state index contributed by atoms with van der Waals surface area (Å²) >= 11 is 0. The highest BCUT2D eigenvalue weighted by atomic mass is 16.5. The van der Waals surface area contributed by atoms with Crippen molar-refractivity contribution in [3.63, 3.8) is 0 Å². The Morgan fingerprint density at radius 2 is 2.22 bits per heavy atom. The Morgan fingerprint density at radius 1 is 1.30 bits per heavy atom. The highest BCUT2D eigenvalue weighted by Crippen LogP contribution is 2.33. The van der Waals surface area contributed by atoms with E-state index in [0.29, 0.717) is 24.1 Å². The lowest BCUT2D eigenvalue weighted by atomic mass is 9.94. The van der Waals surface area contributed by atoms with Crippen LogP contribution in [0.1, 0.15) is 17.9 Å². The molecule has 6 heteroatoms. The van der Waals surface area contributed by atoms with Crippen LogP contribution in [-0.4, -0.2) is 28.2 Å². The minimum Gasteiger partial charge on any atom is -0.493 e. The fraction of sp³-hybridized carbons (Fsp3) is 0.235. The average molecular weight is 309 g/mol. The molecule has 4 rings (SSSR count). The van der Waals surface area contributed by atoms with Gasteiger partial charge in [0.15, 0.2) is 0 Å². The molecular weight excluding hydrogens is 294 g/mol. The number of rotatable bonds is 3. The highest BCUT2D eigenvalue weighted by Gasteiger charge is 2.22. The van der Waals surface area contributed by atoms with Crippen LogP contribution < -0.4 is 15.0 Å². The highest BCUT2D eigenvalue weighted by molar-refractivity contribution is 5.76. The summed E-state index contributed by atoms with van der Waals surface area (Å²) in [4.78, 5) is 23.0. The van der Waals surface area contributed by atoms with Crippen LogP contribution in [0.2, 0.25) is 0 Å². The van der Waals surface area contributed by atoms with E-state index < -0.39 is 0 Å². The third kappa shape index (κ3) is 2.63. The first kappa shape index (κ1) is 13.8. The number of H-pyrrole nitrogens is 1. The van der Waals surface area contributed by atoms with Gasteiger partial charge in [0.05, 0.1) is 30.3 Å². The number of hydrogen-bond donors (Lipinski definition) is 1. The molecule has 0 saturated carbocycles. The number of benzene rings is 1. The topological polar surface area (TPSA) is 77.1 Å². The molecular formula is C17H15N3O3. The molecule has 1 unspecified atom stereocenters. The molecule has 3 heterocycles. The summed E-state index contributed by atoms with van der Waals surface area (Å²) in [5.41, 5.74) is 1.43. The van der Waals surface area contributed by atoms with E-state index in [4.69, 9.17) is 9.47 Å². The molecule has 0 fully saturated rings. The van der Waals surface area contributed by atoms with Gasteiger partial charge in [0.2, 0.25) is 0 Å². The Balaban J connectivity index is 1.57. The van der Waals surface area contributed by atoms with Crippen molar-refractivity contribution in [1.82, 2.24) is 15.0 Å². The molecule has 1 N–H and O–H groups in total. The molecule has 0 aliphatic carbocycles. The number of ether oxygens (including phenoxy) is 2. The molecule has 0 radical (unpaired) electrons. The number of fused-ring (bicyclic) bond motifs is 2. The number of pyridine rings is 1. The fourth-order valence-corrected chi connectivity index (χ4v) is 2.81. The lowest BCUT2D eigenvalue weighted by Crippen LogP contribution is -2.21. The number of aromatic amines is 1. The van der Waals surface area contributed by atoms with Gasteiger partial charge in [0.1, 0.15) is 5.75 Å². The maximum Gasteiger partial charge on any atom is 0.297 e. The summed E-state index contributed by atoms with van der Waals surface area (Å²) in [5, 5.41) is 0.503. The summed E-state index contributed by atoms with van der Waals surface area (Å²) in [5.74, 6) is 1.12. The van der Waals surface area contributed by atoms with Crippen LogP contribution >= 0.6 is 0 Å². The molecule has 1 aliphatic rings. The van der Waals surface area contributed by atoms with E-state index in [1.165, 1.54) is 0 Å². The molecule has 2 aromatic heterocycles. The Morgan fingerprint density at radius 3 is 3.17 bits per heavy atom. The molecule has 1 atom stereocenters.